The maximum absolute atomic E-state index is 11.6. The van der Waals surface area contributed by atoms with Crippen molar-refractivity contribution < 1.29 is 4.42 Å². The number of rotatable bonds is 1. The Balaban J connectivity index is 2.25. The zero-order chi connectivity index (χ0) is 11.8. The molecule has 5 heteroatoms. The first kappa shape index (κ1) is 9.65. The lowest BCUT2D eigenvalue weighted by Gasteiger charge is -1.91. The number of pyridine rings is 1. The number of aromatic amines is 1. The number of nitrogens with zero attached hydrogens (tertiary/aromatic N) is 1. The highest BCUT2D eigenvalue weighted by molar-refractivity contribution is 5.79. The largest absolute Gasteiger partial charge is 0.436 e. The van der Waals surface area contributed by atoms with Crippen LogP contribution in [0, 0.1) is 0 Å². The monoisotopic (exact) mass is 227 g/mol. The quantitative estimate of drug-likeness (QED) is 0.620. The summed E-state index contributed by atoms with van der Waals surface area (Å²) < 4.78 is 5.50. The van der Waals surface area contributed by atoms with Crippen molar-refractivity contribution in [2.24, 2.45) is 0 Å². The summed E-state index contributed by atoms with van der Waals surface area (Å²) in [5.41, 5.74) is 7.78. The van der Waals surface area contributed by atoms with Crippen LogP contribution in [0.25, 0.3) is 22.6 Å². The van der Waals surface area contributed by atoms with Crippen molar-refractivity contribution in [3.05, 3.63) is 46.9 Å². The van der Waals surface area contributed by atoms with Crippen molar-refractivity contribution in [2.75, 3.05) is 5.73 Å². The standard InChI is InChI=1S/C12H9N3O2/c13-7-1-2-11-9(5-7)15-12(17-11)8-6-14-4-3-10(8)16/h1-6H,13H2,(H,14,16). The lowest BCUT2D eigenvalue weighted by Crippen LogP contribution is -2.02. The molecule has 0 bridgehead atoms. The van der Waals surface area contributed by atoms with Crippen LogP contribution >= 0.6 is 0 Å². The van der Waals surface area contributed by atoms with E-state index in [2.05, 4.69) is 9.97 Å². The number of benzene rings is 1. The first-order valence-corrected chi connectivity index (χ1v) is 5.07. The van der Waals surface area contributed by atoms with Crippen molar-refractivity contribution in [1.82, 2.24) is 9.97 Å². The van der Waals surface area contributed by atoms with E-state index in [0.717, 1.165) is 0 Å². The van der Waals surface area contributed by atoms with Gasteiger partial charge in [0.1, 0.15) is 11.1 Å². The summed E-state index contributed by atoms with van der Waals surface area (Å²) >= 11 is 0. The summed E-state index contributed by atoms with van der Waals surface area (Å²) in [7, 11) is 0. The smallest absolute Gasteiger partial charge is 0.232 e. The van der Waals surface area contributed by atoms with Gasteiger partial charge >= 0.3 is 0 Å². The fraction of sp³-hybridized carbons (Fsp3) is 0. The Hall–Kier alpha value is -2.56. The van der Waals surface area contributed by atoms with E-state index in [9.17, 15) is 4.79 Å². The van der Waals surface area contributed by atoms with Crippen LogP contribution in [-0.2, 0) is 0 Å². The number of aromatic nitrogens is 2. The van der Waals surface area contributed by atoms with Crippen LogP contribution in [0.1, 0.15) is 0 Å². The zero-order valence-electron chi connectivity index (χ0n) is 8.81. The molecule has 0 unspecified atom stereocenters. The first-order chi connectivity index (χ1) is 8.24. The predicted octanol–water partition coefficient (Wildman–Crippen LogP) is 1.77. The molecule has 0 radical (unpaired) electrons. The Morgan fingerprint density at radius 2 is 2.18 bits per heavy atom. The molecule has 0 aliphatic heterocycles. The third kappa shape index (κ3) is 1.57. The number of anilines is 1. The van der Waals surface area contributed by atoms with E-state index in [1.165, 1.54) is 6.07 Å². The third-order valence-corrected chi connectivity index (χ3v) is 2.47. The molecule has 0 saturated heterocycles. The molecule has 0 saturated carbocycles. The van der Waals surface area contributed by atoms with Crippen LogP contribution < -0.4 is 11.2 Å². The van der Waals surface area contributed by atoms with Gasteiger partial charge < -0.3 is 15.1 Å². The molecule has 0 amide bonds. The van der Waals surface area contributed by atoms with Gasteiger partial charge in [0, 0.05) is 24.1 Å². The number of nitrogens with one attached hydrogen (secondary N) is 1. The molecule has 2 heterocycles. The third-order valence-electron chi connectivity index (χ3n) is 2.47. The van der Waals surface area contributed by atoms with E-state index in [1.807, 2.05) is 0 Å². The number of fused-ring (bicyclic) bond motifs is 1. The molecule has 3 rings (SSSR count). The van der Waals surface area contributed by atoms with Crippen LogP contribution in [0.2, 0.25) is 0 Å². The molecule has 5 nitrogen and oxygen atoms in total. The number of H-pyrrole nitrogens is 1. The molecule has 0 fully saturated rings. The molecule has 3 N–H and O–H groups in total. The van der Waals surface area contributed by atoms with Crippen molar-refractivity contribution in [3.63, 3.8) is 0 Å². The van der Waals surface area contributed by atoms with Crippen LogP contribution in [0.15, 0.2) is 45.9 Å². The second-order valence-corrected chi connectivity index (χ2v) is 3.67. The highest BCUT2D eigenvalue weighted by Gasteiger charge is 2.10. The van der Waals surface area contributed by atoms with Crippen molar-refractivity contribution in [2.45, 2.75) is 0 Å². The molecule has 17 heavy (non-hydrogen) atoms. The number of hydrogen-bond donors (Lipinski definition) is 2. The first-order valence-electron chi connectivity index (χ1n) is 5.07. The van der Waals surface area contributed by atoms with E-state index >= 15 is 0 Å². The van der Waals surface area contributed by atoms with Crippen LogP contribution in [0.4, 0.5) is 5.69 Å². The van der Waals surface area contributed by atoms with Gasteiger partial charge in [-0.15, -0.1) is 0 Å². The minimum Gasteiger partial charge on any atom is -0.436 e. The highest BCUT2D eigenvalue weighted by Crippen LogP contribution is 2.23. The predicted molar refractivity (Wildman–Crippen MR) is 64.5 cm³/mol. The number of nitrogen functional groups attached to an aromatic ring is 1. The van der Waals surface area contributed by atoms with Gasteiger partial charge in [-0.2, -0.15) is 0 Å². The summed E-state index contributed by atoms with van der Waals surface area (Å²) in [6, 6.07) is 6.60. The summed E-state index contributed by atoms with van der Waals surface area (Å²) in [6.45, 7) is 0. The number of nitrogens with two attached hydrogens (primary N) is 1. The molecule has 2 aromatic heterocycles. The van der Waals surface area contributed by atoms with Gasteiger partial charge in [0.15, 0.2) is 11.0 Å². The molecule has 0 aliphatic rings. The summed E-state index contributed by atoms with van der Waals surface area (Å²) in [4.78, 5) is 18.7. The normalized spacial score (nSPS) is 10.8. The summed E-state index contributed by atoms with van der Waals surface area (Å²) in [6.07, 6.45) is 3.13. The van der Waals surface area contributed by atoms with Gasteiger partial charge in [-0.25, -0.2) is 4.98 Å². The van der Waals surface area contributed by atoms with Gasteiger partial charge in [-0.05, 0) is 18.2 Å². The van der Waals surface area contributed by atoms with Crippen LogP contribution in [0.3, 0.4) is 0 Å². The Morgan fingerprint density at radius 1 is 1.29 bits per heavy atom. The molecule has 0 atom stereocenters. The SMILES string of the molecule is Nc1ccc2oc(-c3c[nH]ccc3=O)nc2c1. The summed E-state index contributed by atoms with van der Waals surface area (Å²) in [5.74, 6) is 0.299. The van der Waals surface area contributed by atoms with E-state index in [0.29, 0.717) is 28.2 Å². The number of hydrogen-bond acceptors (Lipinski definition) is 4. The minimum atomic E-state index is -0.136. The van der Waals surface area contributed by atoms with Crippen molar-refractivity contribution >= 4 is 16.8 Å². The van der Waals surface area contributed by atoms with Crippen LogP contribution in [-0.4, -0.2) is 9.97 Å². The average molecular weight is 227 g/mol. The van der Waals surface area contributed by atoms with Gasteiger partial charge in [0.05, 0.1) is 0 Å². The maximum Gasteiger partial charge on any atom is 0.232 e. The fourth-order valence-electron chi connectivity index (χ4n) is 1.64. The van der Waals surface area contributed by atoms with Crippen LogP contribution in [0.5, 0.6) is 0 Å². The Labute approximate surface area is 95.9 Å². The fourth-order valence-corrected chi connectivity index (χ4v) is 1.64. The maximum atomic E-state index is 11.6. The van der Waals surface area contributed by atoms with E-state index in [4.69, 9.17) is 10.2 Å². The number of oxazole rings is 1. The van der Waals surface area contributed by atoms with Crippen molar-refractivity contribution in [1.29, 1.82) is 0 Å². The van der Waals surface area contributed by atoms with E-state index < -0.39 is 0 Å². The Kier molecular flexibility index (Phi) is 1.98. The second-order valence-electron chi connectivity index (χ2n) is 3.67. The van der Waals surface area contributed by atoms with E-state index in [1.54, 1.807) is 30.6 Å². The van der Waals surface area contributed by atoms with Gasteiger partial charge in [-0.3, -0.25) is 4.79 Å². The topological polar surface area (TPSA) is 84.9 Å². The van der Waals surface area contributed by atoms with Crippen molar-refractivity contribution in [3.8, 4) is 11.5 Å². The molecule has 1 aromatic carbocycles. The molecule has 0 spiro atoms. The molecular formula is C12H9N3O2. The average Bonchev–Trinajstić information content (AvgIpc) is 2.72. The minimum absolute atomic E-state index is 0.136. The second kappa shape index (κ2) is 3.48. The lowest BCUT2D eigenvalue weighted by atomic mass is 10.3. The van der Waals surface area contributed by atoms with Gasteiger partial charge in [0.2, 0.25) is 5.89 Å². The molecule has 0 aliphatic carbocycles. The van der Waals surface area contributed by atoms with Gasteiger partial charge in [-0.1, -0.05) is 0 Å². The Morgan fingerprint density at radius 3 is 3.00 bits per heavy atom. The molecule has 3 aromatic rings. The molecule has 84 valence electrons. The highest BCUT2D eigenvalue weighted by atomic mass is 16.3. The summed E-state index contributed by atoms with van der Waals surface area (Å²) in [5, 5.41) is 0. The lowest BCUT2D eigenvalue weighted by molar-refractivity contribution is 0.619. The zero-order valence-corrected chi connectivity index (χ0v) is 8.81. The Bertz CT molecular complexity index is 743. The molecular weight excluding hydrogens is 218 g/mol. The van der Waals surface area contributed by atoms with E-state index in [-0.39, 0.29) is 5.43 Å². The van der Waals surface area contributed by atoms with Gasteiger partial charge in [0.25, 0.3) is 0 Å².